The number of carbonyl (C=O) groups excluding carboxylic acids is 2. The molecule has 2 amide bonds. The maximum absolute atomic E-state index is 12.8. The normalized spacial score (nSPS) is 21.5. The first-order chi connectivity index (χ1) is 21.1. The Hall–Kier alpha value is -1.92. The number of hydrogen-bond acceptors (Lipinski definition) is 12. The van der Waals surface area contributed by atoms with Crippen LogP contribution in [0.2, 0.25) is 0 Å². The van der Waals surface area contributed by atoms with Crippen LogP contribution in [0, 0.1) is 0 Å². The number of carboxylic acid groups (broad SMARTS) is 2. The summed E-state index contributed by atoms with van der Waals surface area (Å²) in [5.74, 6) is 10.1. The van der Waals surface area contributed by atoms with Crippen LogP contribution >= 0.6 is 0 Å². The SMILES string of the molecule is NN1CCN(C(=O)CCCN2CCN(CCCC(=O)N3CCN(N)CC3)CCN(CC(=O)O)CCN(CC(=O)O)CC2)CC1.[Mn]. The van der Waals surface area contributed by atoms with Gasteiger partial charge >= 0.3 is 11.9 Å². The van der Waals surface area contributed by atoms with Gasteiger partial charge in [0.05, 0.1) is 13.1 Å². The number of hydrazine groups is 2. The van der Waals surface area contributed by atoms with Gasteiger partial charge in [-0.15, -0.1) is 0 Å². The van der Waals surface area contributed by atoms with E-state index in [1.54, 1.807) is 10.0 Å². The number of nitrogens with zero attached hydrogens (tertiary/aromatic N) is 8. The fourth-order valence-electron chi connectivity index (χ4n) is 5.89. The van der Waals surface area contributed by atoms with Crippen LogP contribution in [0.15, 0.2) is 0 Å². The van der Waals surface area contributed by atoms with Crippen molar-refractivity contribution in [3.8, 4) is 0 Å². The number of nitrogens with two attached hydrogens (primary N) is 2. The third-order valence-electron chi connectivity index (χ3n) is 8.71. The molecule has 0 aliphatic carbocycles. The van der Waals surface area contributed by atoms with E-state index in [-0.39, 0.29) is 42.0 Å². The maximum Gasteiger partial charge on any atom is 0.317 e. The van der Waals surface area contributed by atoms with Crippen molar-refractivity contribution < 1.29 is 46.5 Å². The zero-order valence-electron chi connectivity index (χ0n) is 26.6. The van der Waals surface area contributed by atoms with Gasteiger partial charge in [-0.25, -0.2) is 10.0 Å². The van der Waals surface area contributed by atoms with Crippen molar-refractivity contribution in [2.24, 2.45) is 11.7 Å². The largest absolute Gasteiger partial charge is 0.480 e. The summed E-state index contributed by atoms with van der Waals surface area (Å²) < 4.78 is 0. The van der Waals surface area contributed by atoms with Crippen LogP contribution in [-0.4, -0.2) is 204 Å². The molecule has 45 heavy (non-hydrogen) atoms. The van der Waals surface area contributed by atoms with Gasteiger partial charge in [0.25, 0.3) is 0 Å². The number of carbonyl (C=O) groups is 4. The van der Waals surface area contributed by atoms with Crippen LogP contribution in [0.3, 0.4) is 0 Å². The van der Waals surface area contributed by atoms with E-state index in [2.05, 4.69) is 9.80 Å². The summed E-state index contributed by atoms with van der Waals surface area (Å²) in [5, 5.41) is 22.4. The molecule has 3 saturated heterocycles. The van der Waals surface area contributed by atoms with E-state index in [1.165, 1.54) is 0 Å². The fraction of sp³-hybridized carbons (Fsp3) is 0.857. The molecule has 3 rings (SSSR count). The van der Waals surface area contributed by atoms with Crippen molar-refractivity contribution >= 4 is 23.8 Å². The molecule has 17 heteroatoms. The molecule has 0 spiro atoms. The molecule has 16 nitrogen and oxygen atoms in total. The minimum absolute atomic E-state index is 0. The second kappa shape index (κ2) is 21.1. The Labute approximate surface area is 277 Å². The van der Waals surface area contributed by atoms with Gasteiger partial charge in [0.15, 0.2) is 0 Å². The smallest absolute Gasteiger partial charge is 0.317 e. The molecule has 0 aromatic carbocycles. The third-order valence-corrected chi connectivity index (χ3v) is 8.71. The van der Waals surface area contributed by atoms with E-state index in [0.29, 0.717) is 130 Å². The second-order valence-corrected chi connectivity index (χ2v) is 12.1. The fourth-order valence-corrected chi connectivity index (χ4v) is 5.89. The first-order valence-electron chi connectivity index (χ1n) is 16.0. The molecule has 0 unspecified atom stereocenters. The van der Waals surface area contributed by atoms with Crippen LogP contribution in [0.25, 0.3) is 0 Å². The maximum atomic E-state index is 12.8. The Bertz CT molecular complexity index is 848. The van der Waals surface area contributed by atoms with Crippen molar-refractivity contribution in [2.45, 2.75) is 25.7 Å². The van der Waals surface area contributed by atoms with Crippen molar-refractivity contribution in [1.29, 1.82) is 0 Å². The molecule has 0 saturated carbocycles. The average molecular weight is 682 g/mol. The summed E-state index contributed by atoms with van der Waals surface area (Å²) in [6, 6.07) is 0. The molecule has 6 N–H and O–H groups in total. The number of amides is 2. The molecule has 1 radical (unpaired) electrons. The van der Waals surface area contributed by atoms with Gasteiger partial charge in [-0.3, -0.25) is 40.7 Å². The van der Waals surface area contributed by atoms with Crippen LogP contribution in [0.1, 0.15) is 25.7 Å². The van der Waals surface area contributed by atoms with E-state index in [0.717, 1.165) is 13.1 Å². The standard InChI is InChI=1S/C28H54N10O6.Mn/c29-37-19-15-35(16-20-37)25(39)3-1-5-31-7-8-32(6-2-4-26(40)36-17-21-38(30)22-18-36)10-12-34(24-28(43)44)14-13-33(11-9-31)23-27(41)42;/h1-24,29-30H2,(H,41,42)(H,43,44);. The quantitative estimate of drug-likeness (QED) is 0.120. The van der Waals surface area contributed by atoms with E-state index >= 15 is 0 Å². The summed E-state index contributed by atoms with van der Waals surface area (Å²) in [6.45, 7) is 11.2. The van der Waals surface area contributed by atoms with Crippen molar-refractivity contribution in [3.05, 3.63) is 0 Å². The molecule has 0 aromatic heterocycles. The molecule has 0 aromatic rings. The third kappa shape index (κ3) is 15.5. The minimum Gasteiger partial charge on any atom is -0.480 e. The molecule has 3 fully saturated rings. The van der Waals surface area contributed by atoms with Crippen LogP contribution in [0.5, 0.6) is 0 Å². The summed E-state index contributed by atoms with van der Waals surface area (Å²) >= 11 is 0. The van der Waals surface area contributed by atoms with Gasteiger partial charge in [-0.1, -0.05) is 0 Å². The number of rotatable bonds is 12. The van der Waals surface area contributed by atoms with Gasteiger partial charge in [0.2, 0.25) is 11.8 Å². The number of aliphatic carboxylic acids is 2. The zero-order chi connectivity index (χ0) is 31.9. The number of hydrogen-bond donors (Lipinski definition) is 4. The molecule has 3 aliphatic rings. The molecular formula is C28H54MnN10O6. The van der Waals surface area contributed by atoms with Crippen molar-refractivity contribution in [3.63, 3.8) is 0 Å². The van der Waals surface area contributed by atoms with Gasteiger partial charge in [0.1, 0.15) is 0 Å². The van der Waals surface area contributed by atoms with E-state index in [4.69, 9.17) is 11.7 Å². The Balaban J connectivity index is 0.00000705. The summed E-state index contributed by atoms with van der Waals surface area (Å²) in [7, 11) is 0. The van der Waals surface area contributed by atoms with E-state index in [9.17, 15) is 29.4 Å². The predicted octanol–water partition coefficient (Wildman–Crippen LogP) is -3.03. The van der Waals surface area contributed by atoms with Gasteiger partial charge < -0.3 is 29.8 Å². The number of piperazine rings is 2. The topological polar surface area (TPSA) is 187 Å². The van der Waals surface area contributed by atoms with Gasteiger partial charge in [-0.05, 0) is 25.9 Å². The van der Waals surface area contributed by atoms with Crippen LogP contribution in [-0.2, 0) is 36.2 Å². The number of carboxylic acids is 2. The minimum atomic E-state index is -0.915. The Morgan fingerprint density at radius 3 is 1.04 bits per heavy atom. The van der Waals surface area contributed by atoms with Gasteiger partial charge in [-0.2, -0.15) is 0 Å². The monoisotopic (exact) mass is 681 g/mol. The average Bonchev–Trinajstić information content (AvgIpc) is 2.98. The second-order valence-electron chi connectivity index (χ2n) is 12.1. The van der Waals surface area contributed by atoms with E-state index in [1.807, 2.05) is 19.6 Å². The molecule has 3 heterocycles. The summed E-state index contributed by atoms with van der Waals surface area (Å²) in [5.41, 5.74) is 0. The molecule has 259 valence electrons. The molecule has 3 aliphatic heterocycles. The Kier molecular flexibility index (Phi) is 18.4. The first-order valence-corrected chi connectivity index (χ1v) is 16.0. The Morgan fingerprint density at radius 2 is 0.756 bits per heavy atom. The summed E-state index contributed by atoms with van der Waals surface area (Å²) in [4.78, 5) is 60.7. The van der Waals surface area contributed by atoms with Gasteiger partial charge in [0, 0.05) is 135 Å². The van der Waals surface area contributed by atoms with Crippen molar-refractivity contribution in [2.75, 3.05) is 131 Å². The first kappa shape index (κ1) is 39.3. The summed E-state index contributed by atoms with van der Waals surface area (Å²) in [6.07, 6.45) is 2.32. The molecular weight excluding hydrogens is 627 g/mol. The van der Waals surface area contributed by atoms with Crippen LogP contribution < -0.4 is 11.7 Å². The zero-order valence-corrected chi connectivity index (χ0v) is 27.8. The van der Waals surface area contributed by atoms with Crippen LogP contribution in [0.4, 0.5) is 0 Å². The molecule has 0 bridgehead atoms. The van der Waals surface area contributed by atoms with E-state index < -0.39 is 11.9 Å². The Morgan fingerprint density at radius 1 is 0.467 bits per heavy atom. The predicted molar refractivity (Wildman–Crippen MR) is 164 cm³/mol. The molecule has 0 atom stereocenters. The van der Waals surface area contributed by atoms with Crippen molar-refractivity contribution in [1.82, 2.24) is 39.4 Å².